The molecule has 0 bridgehead atoms. The highest BCUT2D eigenvalue weighted by Crippen LogP contribution is 2.50. The summed E-state index contributed by atoms with van der Waals surface area (Å²) >= 11 is 1.83. The predicted octanol–water partition coefficient (Wildman–Crippen LogP) is 6.79. The molecule has 3 aromatic rings. The molecule has 0 fully saturated rings. The maximum atomic E-state index is 9.00. The minimum absolute atomic E-state index is 0.348. The number of rotatable bonds is 2. The molecule has 3 heteroatoms. The van der Waals surface area contributed by atoms with Crippen LogP contribution >= 0.6 is 11.8 Å². The van der Waals surface area contributed by atoms with E-state index in [1.54, 1.807) is 0 Å². The molecule has 5 rings (SSSR count). The van der Waals surface area contributed by atoms with Crippen LogP contribution in [0.5, 0.6) is 0 Å². The lowest BCUT2D eigenvalue weighted by atomic mass is 9.91. The van der Waals surface area contributed by atoms with Crippen LogP contribution in [0.25, 0.3) is 0 Å². The van der Waals surface area contributed by atoms with Crippen molar-refractivity contribution in [3.8, 4) is 6.07 Å². The minimum Gasteiger partial charge on any atom is -0.309 e. The van der Waals surface area contributed by atoms with E-state index >= 15 is 0 Å². The van der Waals surface area contributed by atoms with Gasteiger partial charge in [0.15, 0.2) is 0 Å². The van der Waals surface area contributed by atoms with Crippen LogP contribution in [-0.4, -0.2) is 0 Å². The van der Waals surface area contributed by atoms with Crippen molar-refractivity contribution in [1.82, 2.24) is 0 Å². The number of nitriles is 1. The number of para-hydroxylation sites is 2. The molecule has 0 radical (unpaired) electrons. The molecule has 1 aliphatic heterocycles. The molecule has 0 spiro atoms. The molecule has 1 atom stereocenters. The van der Waals surface area contributed by atoms with E-state index in [0.717, 1.165) is 6.42 Å². The highest BCUT2D eigenvalue weighted by molar-refractivity contribution is 7.99. The zero-order valence-corrected chi connectivity index (χ0v) is 16.1. The van der Waals surface area contributed by atoms with Gasteiger partial charge in [-0.25, -0.2) is 0 Å². The van der Waals surface area contributed by atoms with Gasteiger partial charge in [0, 0.05) is 21.4 Å². The average Bonchev–Trinajstić information content (AvgIpc) is 2.77. The van der Waals surface area contributed by atoms with Crippen LogP contribution in [0, 0.1) is 11.3 Å². The molecule has 1 aliphatic carbocycles. The van der Waals surface area contributed by atoms with E-state index in [1.807, 2.05) is 23.9 Å². The fourth-order valence-electron chi connectivity index (χ4n) is 3.81. The second-order valence-electron chi connectivity index (χ2n) is 6.94. The van der Waals surface area contributed by atoms with Gasteiger partial charge in [0.1, 0.15) is 0 Å². The van der Waals surface area contributed by atoms with Crippen molar-refractivity contribution in [3.63, 3.8) is 0 Å². The first-order chi connectivity index (χ1) is 13.8. The number of allylic oxidation sites excluding steroid dienone is 3. The third-order valence-electron chi connectivity index (χ3n) is 5.24. The number of fused-ring (bicyclic) bond motifs is 2. The smallest absolute Gasteiger partial charge is 0.0991 e. The van der Waals surface area contributed by atoms with Gasteiger partial charge in [-0.1, -0.05) is 60.3 Å². The average molecular weight is 379 g/mol. The van der Waals surface area contributed by atoms with Gasteiger partial charge >= 0.3 is 0 Å². The monoisotopic (exact) mass is 378 g/mol. The highest BCUT2D eigenvalue weighted by Gasteiger charge is 2.26. The maximum Gasteiger partial charge on any atom is 0.0991 e. The van der Waals surface area contributed by atoms with Gasteiger partial charge in [0.2, 0.25) is 0 Å². The second-order valence-corrected chi connectivity index (χ2v) is 8.02. The van der Waals surface area contributed by atoms with E-state index in [-0.39, 0.29) is 0 Å². The molecular weight excluding hydrogens is 360 g/mol. The summed E-state index contributed by atoms with van der Waals surface area (Å²) in [7, 11) is 0. The Balaban J connectivity index is 1.48. The van der Waals surface area contributed by atoms with Crippen molar-refractivity contribution in [2.75, 3.05) is 4.90 Å². The summed E-state index contributed by atoms with van der Waals surface area (Å²) in [4.78, 5) is 4.93. The molecule has 28 heavy (non-hydrogen) atoms. The van der Waals surface area contributed by atoms with Gasteiger partial charge in [-0.2, -0.15) is 5.26 Å². The summed E-state index contributed by atoms with van der Waals surface area (Å²) in [6, 6.07) is 27.3. The summed E-state index contributed by atoms with van der Waals surface area (Å²) in [6.07, 6.45) is 7.79. The Bertz CT molecular complexity index is 1090. The topological polar surface area (TPSA) is 27.0 Å². The Morgan fingerprint density at radius 3 is 2.07 bits per heavy atom. The molecule has 0 saturated carbocycles. The lowest BCUT2D eigenvalue weighted by molar-refractivity contribution is 0.838. The Labute approximate surface area is 169 Å². The number of nitrogens with zero attached hydrogens (tertiary/aromatic N) is 2. The zero-order chi connectivity index (χ0) is 18.9. The molecule has 1 heterocycles. The van der Waals surface area contributed by atoms with Crippen molar-refractivity contribution in [3.05, 3.63) is 108 Å². The zero-order valence-electron chi connectivity index (χ0n) is 15.2. The van der Waals surface area contributed by atoms with Crippen molar-refractivity contribution in [1.29, 1.82) is 5.26 Å². The predicted molar refractivity (Wildman–Crippen MR) is 115 cm³/mol. The molecule has 2 aliphatic rings. The number of hydrogen-bond donors (Lipinski definition) is 0. The maximum absolute atomic E-state index is 9.00. The van der Waals surface area contributed by atoms with E-state index < -0.39 is 0 Å². The lowest BCUT2D eigenvalue weighted by Crippen LogP contribution is -2.20. The second kappa shape index (κ2) is 7.07. The molecular formula is C25H18N2S. The third kappa shape index (κ3) is 2.93. The van der Waals surface area contributed by atoms with Gasteiger partial charge in [0.25, 0.3) is 0 Å². The quantitative estimate of drug-likeness (QED) is 0.491. The Morgan fingerprint density at radius 2 is 1.50 bits per heavy atom. The summed E-state index contributed by atoms with van der Waals surface area (Å²) in [5.41, 5.74) is 5.64. The van der Waals surface area contributed by atoms with Crippen LogP contribution in [0.1, 0.15) is 23.5 Å². The van der Waals surface area contributed by atoms with Crippen LogP contribution < -0.4 is 4.90 Å². The van der Waals surface area contributed by atoms with Crippen molar-refractivity contribution >= 4 is 23.1 Å². The highest BCUT2D eigenvalue weighted by atomic mass is 32.2. The Kier molecular flexibility index (Phi) is 4.27. The van der Waals surface area contributed by atoms with Crippen LogP contribution in [0.3, 0.4) is 0 Å². The van der Waals surface area contributed by atoms with Crippen molar-refractivity contribution in [2.45, 2.75) is 22.1 Å². The number of benzene rings is 3. The first-order valence-electron chi connectivity index (χ1n) is 9.38. The minimum atomic E-state index is 0.348. The molecule has 0 aromatic heterocycles. The SMILES string of the molecule is N#Cc1ccc(C2C=CC(N3c4ccccc4Sc4ccccc43)=CC2)cc1. The first-order valence-corrected chi connectivity index (χ1v) is 10.2. The summed E-state index contributed by atoms with van der Waals surface area (Å²) < 4.78 is 0. The molecule has 2 nitrogen and oxygen atoms in total. The summed E-state index contributed by atoms with van der Waals surface area (Å²) in [5, 5.41) is 9.00. The van der Waals surface area contributed by atoms with E-state index in [1.165, 1.54) is 32.4 Å². The van der Waals surface area contributed by atoms with Crippen molar-refractivity contribution in [2.24, 2.45) is 0 Å². The molecule has 0 N–H and O–H groups in total. The fourth-order valence-corrected chi connectivity index (χ4v) is 4.87. The largest absolute Gasteiger partial charge is 0.309 e. The Hall–Kier alpha value is -3.22. The first kappa shape index (κ1) is 16.9. The molecule has 0 saturated heterocycles. The van der Waals surface area contributed by atoms with E-state index in [4.69, 9.17) is 5.26 Å². The van der Waals surface area contributed by atoms with Gasteiger partial charge in [-0.3, -0.25) is 0 Å². The van der Waals surface area contributed by atoms with Gasteiger partial charge in [0.05, 0.1) is 23.0 Å². The van der Waals surface area contributed by atoms with Crippen LogP contribution in [0.4, 0.5) is 11.4 Å². The van der Waals surface area contributed by atoms with E-state index in [0.29, 0.717) is 11.5 Å². The number of hydrogen-bond acceptors (Lipinski definition) is 3. The normalized spacial score (nSPS) is 17.3. The van der Waals surface area contributed by atoms with E-state index in [2.05, 4.69) is 89.9 Å². The molecule has 134 valence electrons. The van der Waals surface area contributed by atoms with Gasteiger partial charge in [-0.15, -0.1) is 0 Å². The van der Waals surface area contributed by atoms with Crippen molar-refractivity contribution < 1.29 is 0 Å². The fraction of sp³-hybridized carbons (Fsp3) is 0.0800. The van der Waals surface area contributed by atoms with E-state index in [9.17, 15) is 0 Å². The van der Waals surface area contributed by atoms with Crippen LogP contribution in [0.15, 0.2) is 107 Å². The lowest BCUT2D eigenvalue weighted by Gasteiger charge is -2.34. The van der Waals surface area contributed by atoms with Crippen LogP contribution in [0.2, 0.25) is 0 Å². The molecule has 0 amide bonds. The summed E-state index contributed by atoms with van der Waals surface area (Å²) in [6.45, 7) is 0. The third-order valence-corrected chi connectivity index (χ3v) is 6.37. The van der Waals surface area contributed by atoms with Gasteiger partial charge < -0.3 is 4.90 Å². The summed E-state index contributed by atoms with van der Waals surface area (Å²) in [5.74, 6) is 0.348. The van der Waals surface area contributed by atoms with Gasteiger partial charge in [-0.05, 0) is 54.5 Å². The molecule has 1 unspecified atom stereocenters. The van der Waals surface area contributed by atoms with Crippen LogP contribution in [-0.2, 0) is 0 Å². The number of anilines is 2. The Morgan fingerprint density at radius 1 is 0.857 bits per heavy atom. The molecule has 3 aromatic carbocycles. The standard InChI is InChI=1S/C25H18N2S/c26-17-18-9-11-19(12-10-18)20-13-15-21(16-14-20)27-22-5-1-3-7-24(22)28-25-8-4-2-6-23(25)27/h1-13,15-16,20H,14H2.